The van der Waals surface area contributed by atoms with E-state index in [2.05, 4.69) is 53.1 Å². The zero-order valence-corrected chi connectivity index (χ0v) is 17.3. The monoisotopic (exact) mass is 368 g/mol. The third-order valence-electron chi connectivity index (χ3n) is 4.96. The van der Waals surface area contributed by atoms with E-state index in [4.69, 9.17) is 0 Å². The van der Waals surface area contributed by atoms with Gasteiger partial charge in [0, 0.05) is 18.9 Å². The van der Waals surface area contributed by atoms with Crippen molar-refractivity contribution in [3.05, 3.63) is 18.7 Å². The predicted molar refractivity (Wildman–Crippen MR) is 111 cm³/mol. The van der Waals surface area contributed by atoms with E-state index in [9.17, 15) is 0 Å². The van der Waals surface area contributed by atoms with Crippen LogP contribution in [0.4, 0.5) is 0 Å². The first kappa shape index (κ1) is 20.2. The van der Waals surface area contributed by atoms with Crippen LogP contribution in [0.3, 0.4) is 0 Å². The molecule has 0 spiro atoms. The van der Waals surface area contributed by atoms with Crippen LogP contribution in [0.15, 0.2) is 18.7 Å². The summed E-state index contributed by atoms with van der Waals surface area (Å²) < 4.78 is 2.72. The molecule has 2 heterocycles. The van der Waals surface area contributed by atoms with Crippen molar-refractivity contribution in [1.29, 1.82) is 0 Å². The Hall–Kier alpha value is -0.0900. The molecule has 0 aliphatic carbocycles. The Morgan fingerprint density at radius 1 is 1.00 bits per heavy atom. The van der Waals surface area contributed by atoms with Gasteiger partial charge in [0.15, 0.2) is 0 Å². The number of hydrogen-bond acceptors (Lipinski definition) is 3. The fourth-order valence-electron chi connectivity index (χ4n) is 3.39. The highest BCUT2D eigenvalue weighted by Gasteiger charge is 2.34. The molecular weight excluding hydrogens is 332 g/mol. The molecule has 0 aromatic carbocycles. The Balaban J connectivity index is 1.69. The van der Waals surface area contributed by atoms with Gasteiger partial charge in [0.1, 0.15) is 0 Å². The molecule has 0 atom stereocenters. The van der Waals surface area contributed by atoms with Crippen LogP contribution in [-0.2, 0) is 6.54 Å². The van der Waals surface area contributed by atoms with Crippen LogP contribution in [0.2, 0.25) is 0 Å². The van der Waals surface area contributed by atoms with Crippen LogP contribution in [0.1, 0.15) is 78.1 Å². The average Bonchev–Trinajstić information content (AvgIpc) is 3.10. The van der Waals surface area contributed by atoms with Crippen molar-refractivity contribution >= 4 is 23.5 Å². The van der Waals surface area contributed by atoms with Gasteiger partial charge in [0.2, 0.25) is 0 Å². The van der Waals surface area contributed by atoms with Crippen molar-refractivity contribution in [1.82, 2.24) is 9.55 Å². The fourth-order valence-corrected chi connectivity index (χ4v) is 6.85. The molecule has 1 fully saturated rings. The number of rotatable bonds is 12. The van der Waals surface area contributed by atoms with E-state index in [1.54, 1.807) is 0 Å². The molecule has 0 saturated carbocycles. The van der Waals surface area contributed by atoms with E-state index < -0.39 is 0 Å². The molecular formula is C20H36N2S2. The summed E-state index contributed by atoms with van der Waals surface area (Å²) in [6.45, 7) is 5.82. The van der Waals surface area contributed by atoms with Crippen LogP contribution >= 0.6 is 23.5 Å². The van der Waals surface area contributed by atoms with Crippen LogP contribution in [0, 0.1) is 5.92 Å². The van der Waals surface area contributed by atoms with Gasteiger partial charge in [-0.05, 0) is 36.7 Å². The molecule has 24 heavy (non-hydrogen) atoms. The van der Waals surface area contributed by atoms with Crippen molar-refractivity contribution in [2.75, 3.05) is 11.5 Å². The minimum absolute atomic E-state index is 0.497. The first-order chi connectivity index (χ1) is 11.7. The zero-order valence-electron chi connectivity index (χ0n) is 15.7. The van der Waals surface area contributed by atoms with E-state index in [0.717, 1.165) is 12.5 Å². The lowest BCUT2D eigenvalue weighted by molar-refractivity contribution is 0.517. The number of nitrogens with zero attached hydrogens (tertiary/aromatic N) is 2. The standard InChI is InChI=1S/C20H36N2S2/c1-3-4-5-6-7-8-9-11-20(23-16-19(2)17-24-20)12-10-14-22-15-13-21-18-22/h13,15,18-19H,3-12,14,16-17H2,1-2H3. The summed E-state index contributed by atoms with van der Waals surface area (Å²) in [6.07, 6.45) is 19.9. The largest absolute Gasteiger partial charge is 0.337 e. The number of aromatic nitrogens is 2. The van der Waals surface area contributed by atoms with Crippen molar-refractivity contribution < 1.29 is 0 Å². The lowest BCUT2D eigenvalue weighted by Crippen LogP contribution is -2.29. The second-order valence-corrected chi connectivity index (χ2v) is 10.5. The number of hydrogen-bond donors (Lipinski definition) is 0. The lowest BCUT2D eigenvalue weighted by atomic mass is 10.0. The van der Waals surface area contributed by atoms with Crippen LogP contribution in [0.5, 0.6) is 0 Å². The van der Waals surface area contributed by atoms with Crippen LogP contribution in [0.25, 0.3) is 0 Å². The maximum atomic E-state index is 4.16. The zero-order chi connectivity index (χ0) is 17.1. The van der Waals surface area contributed by atoms with Crippen molar-refractivity contribution in [2.45, 2.75) is 88.7 Å². The van der Waals surface area contributed by atoms with E-state index in [0.29, 0.717) is 4.08 Å². The number of thioether (sulfide) groups is 2. The summed E-state index contributed by atoms with van der Waals surface area (Å²) >= 11 is 4.53. The summed E-state index contributed by atoms with van der Waals surface area (Å²) in [5.41, 5.74) is 0. The molecule has 1 aliphatic heterocycles. The van der Waals surface area contributed by atoms with Gasteiger partial charge >= 0.3 is 0 Å². The Morgan fingerprint density at radius 3 is 2.33 bits per heavy atom. The topological polar surface area (TPSA) is 17.8 Å². The molecule has 2 rings (SSSR count). The summed E-state index contributed by atoms with van der Waals surface area (Å²) in [4.78, 5) is 4.16. The number of imidazole rings is 1. The maximum Gasteiger partial charge on any atom is 0.0945 e. The quantitative estimate of drug-likeness (QED) is 0.386. The molecule has 138 valence electrons. The van der Waals surface area contributed by atoms with Crippen molar-refractivity contribution in [3.8, 4) is 0 Å². The SMILES string of the molecule is CCCCCCCCCC1(CCCn2ccnc2)SCC(C)CS1. The van der Waals surface area contributed by atoms with E-state index in [-0.39, 0.29) is 0 Å². The van der Waals surface area contributed by atoms with Crippen molar-refractivity contribution in [3.63, 3.8) is 0 Å². The van der Waals surface area contributed by atoms with E-state index >= 15 is 0 Å². The molecule has 0 bridgehead atoms. The molecule has 4 heteroatoms. The van der Waals surface area contributed by atoms with Crippen molar-refractivity contribution in [2.24, 2.45) is 5.92 Å². The predicted octanol–water partition coefficient (Wildman–Crippen LogP) is 6.62. The molecule has 2 nitrogen and oxygen atoms in total. The molecule has 0 radical (unpaired) electrons. The number of unbranched alkanes of at least 4 members (excludes halogenated alkanes) is 6. The molecule has 1 aliphatic rings. The second kappa shape index (κ2) is 11.5. The highest BCUT2D eigenvalue weighted by atomic mass is 32.2. The minimum atomic E-state index is 0.497. The van der Waals surface area contributed by atoms with E-state index in [1.165, 1.54) is 75.7 Å². The summed E-state index contributed by atoms with van der Waals surface area (Å²) in [5, 5.41) is 0. The van der Waals surface area contributed by atoms with Gasteiger partial charge in [-0.25, -0.2) is 4.98 Å². The molecule has 0 unspecified atom stereocenters. The Morgan fingerprint density at radius 2 is 1.67 bits per heavy atom. The van der Waals surface area contributed by atoms with Gasteiger partial charge in [-0.2, -0.15) is 0 Å². The summed E-state index contributed by atoms with van der Waals surface area (Å²) in [6, 6.07) is 0. The highest BCUT2D eigenvalue weighted by molar-refractivity contribution is 8.18. The fraction of sp³-hybridized carbons (Fsp3) is 0.850. The number of aryl methyl sites for hydroxylation is 1. The Kier molecular flexibility index (Phi) is 9.70. The van der Waals surface area contributed by atoms with Gasteiger partial charge in [-0.3, -0.25) is 0 Å². The van der Waals surface area contributed by atoms with Gasteiger partial charge in [0.05, 0.1) is 10.4 Å². The smallest absolute Gasteiger partial charge is 0.0945 e. The van der Waals surface area contributed by atoms with Gasteiger partial charge in [-0.15, -0.1) is 23.5 Å². The summed E-state index contributed by atoms with van der Waals surface area (Å²) in [5.74, 6) is 3.60. The van der Waals surface area contributed by atoms with Crippen LogP contribution in [-0.4, -0.2) is 25.1 Å². The maximum absolute atomic E-state index is 4.16. The Bertz CT molecular complexity index is 411. The first-order valence-electron chi connectivity index (χ1n) is 9.98. The van der Waals surface area contributed by atoms with Gasteiger partial charge in [0.25, 0.3) is 0 Å². The highest BCUT2D eigenvalue weighted by Crippen LogP contribution is 2.50. The molecule has 1 aromatic rings. The normalized spacial score (nSPS) is 24.3. The van der Waals surface area contributed by atoms with Gasteiger partial charge < -0.3 is 4.57 Å². The Labute approximate surface area is 158 Å². The lowest BCUT2D eigenvalue weighted by Gasteiger charge is -2.39. The molecule has 0 amide bonds. The third-order valence-corrected chi connectivity index (χ3v) is 9.00. The molecule has 1 aromatic heterocycles. The third kappa shape index (κ3) is 7.43. The first-order valence-corrected chi connectivity index (χ1v) is 11.9. The van der Waals surface area contributed by atoms with E-state index in [1.807, 2.05) is 12.5 Å². The van der Waals surface area contributed by atoms with Crippen LogP contribution < -0.4 is 0 Å². The molecule has 1 saturated heterocycles. The molecule has 0 N–H and O–H groups in total. The second-order valence-electron chi connectivity index (χ2n) is 7.41. The minimum Gasteiger partial charge on any atom is -0.337 e. The average molecular weight is 369 g/mol. The summed E-state index contributed by atoms with van der Waals surface area (Å²) in [7, 11) is 0. The van der Waals surface area contributed by atoms with Gasteiger partial charge in [-0.1, -0.05) is 58.8 Å².